The van der Waals surface area contributed by atoms with Gasteiger partial charge < -0.3 is 5.11 Å². The molecule has 15 heavy (non-hydrogen) atoms. The maximum Gasteiger partial charge on any atom is 0.0512 e. The minimum atomic E-state index is -0.0981. The third kappa shape index (κ3) is 14.0. The zero-order chi connectivity index (χ0) is 11.4. The van der Waals surface area contributed by atoms with E-state index in [1.807, 2.05) is 6.92 Å². The van der Waals surface area contributed by atoms with Crippen LogP contribution in [0.1, 0.15) is 84.5 Å². The van der Waals surface area contributed by atoms with Crippen molar-refractivity contribution in [3.63, 3.8) is 0 Å². The summed E-state index contributed by atoms with van der Waals surface area (Å²) in [5.41, 5.74) is 0. The number of hydrogen-bond donors (Lipinski definition) is 1. The van der Waals surface area contributed by atoms with Crippen LogP contribution in [-0.4, -0.2) is 11.2 Å². The van der Waals surface area contributed by atoms with Crippen LogP contribution in [0.4, 0.5) is 0 Å². The summed E-state index contributed by atoms with van der Waals surface area (Å²) in [4.78, 5) is 0. The van der Waals surface area contributed by atoms with E-state index in [1.54, 1.807) is 0 Å². The van der Waals surface area contributed by atoms with Crippen molar-refractivity contribution >= 4 is 0 Å². The second kappa shape index (κ2) is 12.0. The topological polar surface area (TPSA) is 20.2 Å². The highest BCUT2D eigenvalue weighted by atomic mass is 16.3. The summed E-state index contributed by atoms with van der Waals surface area (Å²) in [6, 6.07) is 0. The van der Waals surface area contributed by atoms with E-state index in [-0.39, 0.29) is 6.10 Å². The minimum absolute atomic E-state index is 0.0981. The molecular formula is C14H30O. The summed E-state index contributed by atoms with van der Waals surface area (Å²) < 4.78 is 0. The highest BCUT2D eigenvalue weighted by molar-refractivity contribution is 4.50. The average molecular weight is 214 g/mol. The second-order valence-electron chi connectivity index (χ2n) is 4.82. The van der Waals surface area contributed by atoms with Gasteiger partial charge in [-0.3, -0.25) is 0 Å². The Kier molecular flexibility index (Phi) is 12.0. The van der Waals surface area contributed by atoms with E-state index in [0.717, 1.165) is 6.42 Å². The van der Waals surface area contributed by atoms with Crippen molar-refractivity contribution in [2.45, 2.75) is 90.6 Å². The van der Waals surface area contributed by atoms with Gasteiger partial charge in [0.2, 0.25) is 0 Å². The largest absolute Gasteiger partial charge is 0.393 e. The Bertz CT molecular complexity index is 110. The summed E-state index contributed by atoms with van der Waals surface area (Å²) in [6.45, 7) is 4.15. The smallest absolute Gasteiger partial charge is 0.0512 e. The van der Waals surface area contributed by atoms with Gasteiger partial charge in [-0.2, -0.15) is 0 Å². The predicted molar refractivity (Wildman–Crippen MR) is 68.1 cm³/mol. The average Bonchev–Trinajstić information content (AvgIpc) is 2.20. The molecule has 0 aromatic heterocycles. The minimum Gasteiger partial charge on any atom is -0.393 e. The van der Waals surface area contributed by atoms with E-state index in [1.165, 1.54) is 64.2 Å². The molecule has 1 heteroatoms. The lowest BCUT2D eigenvalue weighted by Gasteiger charge is -2.04. The Morgan fingerprint density at radius 2 is 1.13 bits per heavy atom. The van der Waals surface area contributed by atoms with Crippen molar-refractivity contribution in [1.82, 2.24) is 0 Å². The fourth-order valence-electron chi connectivity index (χ4n) is 1.93. The molecule has 0 fully saturated rings. The Hall–Kier alpha value is -0.0400. The number of aliphatic hydroxyl groups is 1. The van der Waals surface area contributed by atoms with Crippen LogP contribution >= 0.6 is 0 Å². The predicted octanol–water partition coefficient (Wildman–Crippen LogP) is 4.68. The first-order valence-electron chi connectivity index (χ1n) is 6.95. The first kappa shape index (κ1) is 15.0. The van der Waals surface area contributed by atoms with Crippen LogP contribution in [0.25, 0.3) is 0 Å². The van der Waals surface area contributed by atoms with Crippen molar-refractivity contribution in [3.05, 3.63) is 0 Å². The molecule has 0 bridgehead atoms. The van der Waals surface area contributed by atoms with Gasteiger partial charge in [-0.15, -0.1) is 0 Å². The van der Waals surface area contributed by atoms with Crippen molar-refractivity contribution in [1.29, 1.82) is 0 Å². The van der Waals surface area contributed by atoms with Gasteiger partial charge in [0.25, 0.3) is 0 Å². The van der Waals surface area contributed by atoms with Gasteiger partial charge >= 0.3 is 0 Å². The molecule has 1 N–H and O–H groups in total. The molecule has 1 nitrogen and oxygen atoms in total. The first-order valence-corrected chi connectivity index (χ1v) is 6.95. The highest BCUT2D eigenvalue weighted by Crippen LogP contribution is 2.11. The molecule has 0 spiro atoms. The van der Waals surface area contributed by atoms with Crippen molar-refractivity contribution in [2.24, 2.45) is 0 Å². The first-order chi connectivity index (χ1) is 7.27. The molecule has 92 valence electrons. The van der Waals surface area contributed by atoms with Gasteiger partial charge in [0, 0.05) is 0 Å². The third-order valence-electron chi connectivity index (χ3n) is 2.98. The van der Waals surface area contributed by atoms with E-state index < -0.39 is 0 Å². The number of aliphatic hydroxyl groups excluding tert-OH is 1. The Morgan fingerprint density at radius 3 is 1.53 bits per heavy atom. The molecule has 0 aliphatic rings. The summed E-state index contributed by atoms with van der Waals surface area (Å²) >= 11 is 0. The second-order valence-corrected chi connectivity index (χ2v) is 4.82. The molecule has 1 atom stereocenters. The van der Waals surface area contributed by atoms with Crippen LogP contribution in [0.3, 0.4) is 0 Å². The van der Waals surface area contributed by atoms with Crippen LogP contribution in [0.5, 0.6) is 0 Å². The van der Waals surface area contributed by atoms with Crippen LogP contribution in [0, 0.1) is 0 Å². The fraction of sp³-hybridized carbons (Fsp3) is 1.00. The SMILES string of the molecule is CCCCCCCCCCCCC(C)O. The molecule has 0 heterocycles. The van der Waals surface area contributed by atoms with E-state index in [4.69, 9.17) is 5.11 Å². The quantitative estimate of drug-likeness (QED) is 0.495. The molecule has 0 saturated carbocycles. The van der Waals surface area contributed by atoms with E-state index in [2.05, 4.69) is 6.92 Å². The van der Waals surface area contributed by atoms with Crippen LogP contribution < -0.4 is 0 Å². The maximum atomic E-state index is 9.08. The summed E-state index contributed by atoms with van der Waals surface area (Å²) in [7, 11) is 0. The normalized spacial score (nSPS) is 13.0. The fourth-order valence-corrected chi connectivity index (χ4v) is 1.93. The van der Waals surface area contributed by atoms with Crippen LogP contribution in [0.2, 0.25) is 0 Å². The molecule has 0 amide bonds. The third-order valence-corrected chi connectivity index (χ3v) is 2.98. The molecule has 0 radical (unpaired) electrons. The van der Waals surface area contributed by atoms with E-state index >= 15 is 0 Å². The molecule has 0 aromatic rings. The zero-order valence-electron chi connectivity index (χ0n) is 10.8. The van der Waals surface area contributed by atoms with E-state index in [9.17, 15) is 0 Å². The lowest BCUT2D eigenvalue weighted by molar-refractivity contribution is 0.180. The lowest BCUT2D eigenvalue weighted by atomic mass is 10.1. The van der Waals surface area contributed by atoms with Crippen LogP contribution in [-0.2, 0) is 0 Å². The zero-order valence-corrected chi connectivity index (χ0v) is 10.8. The Labute approximate surface area is 96.3 Å². The summed E-state index contributed by atoms with van der Waals surface area (Å²) in [5, 5.41) is 9.08. The van der Waals surface area contributed by atoms with Gasteiger partial charge in [-0.05, 0) is 13.3 Å². The van der Waals surface area contributed by atoms with Crippen molar-refractivity contribution in [2.75, 3.05) is 0 Å². The maximum absolute atomic E-state index is 9.08. The monoisotopic (exact) mass is 214 g/mol. The van der Waals surface area contributed by atoms with Gasteiger partial charge in [0.15, 0.2) is 0 Å². The van der Waals surface area contributed by atoms with Gasteiger partial charge in [0.1, 0.15) is 0 Å². The molecular weight excluding hydrogens is 184 g/mol. The summed E-state index contributed by atoms with van der Waals surface area (Å²) in [6.07, 6.45) is 14.6. The van der Waals surface area contributed by atoms with Gasteiger partial charge in [-0.25, -0.2) is 0 Å². The number of hydrogen-bond acceptors (Lipinski definition) is 1. The van der Waals surface area contributed by atoms with Gasteiger partial charge in [0.05, 0.1) is 6.10 Å². The Balaban J connectivity index is 2.87. The molecule has 1 unspecified atom stereocenters. The Morgan fingerprint density at radius 1 is 0.733 bits per heavy atom. The van der Waals surface area contributed by atoms with E-state index in [0.29, 0.717) is 0 Å². The van der Waals surface area contributed by atoms with Crippen molar-refractivity contribution in [3.8, 4) is 0 Å². The lowest BCUT2D eigenvalue weighted by Crippen LogP contribution is -1.98. The number of unbranched alkanes of at least 4 members (excludes halogenated alkanes) is 9. The molecule has 0 saturated heterocycles. The standard InChI is InChI=1S/C14H30O/c1-3-4-5-6-7-8-9-10-11-12-13-14(2)15/h14-15H,3-13H2,1-2H3. The van der Waals surface area contributed by atoms with Gasteiger partial charge in [-0.1, -0.05) is 71.1 Å². The molecule has 0 aliphatic heterocycles. The van der Waals surface area contributed by atoms with Crippen LogP contribution in [0.15, 0.2) is 0 Å². The molecule has 0 rings (SSSR count). The summed E-state index contributed by atoms with van der Waals surface area (Å²) in [5.74, 6) is 0. The van der Waals surface area contributed by atoms with Crippen molar-refractivity contribution < 1.29 is 5.11 Å². The molecule has 0 aliphatic carbocycles. The highest BCUT2D eigenvalue weighted by Gasteiger charge is 1.95. The molecule has 0 aromatic carbocycles. The number of rotatable bonds is 11.